The number of allylic oxidation sites excluding steroid dienone is 1. The lowest BCUT2D eigenvalue weighted by molar-refractivity contribution is -0.116. The summed E-state index contributed by atoms with van der Waals surface area (Å²) in [5.41, 5.74) is 0.361. The molecule has 4 heteroatoms. The molecule has 78 valence electrons. The predicted octanol–water partition coefficient (Wildman–Crippen LogP) is 2.71. The van der Waals surface area contributed by atoms with Gasteiger partial charge in [-0.25, -0.2) is 4.79 Å². The van der Waals surface area contributed by atoms with Crippen LogP contribution in [0.5, 0.6) is 0 Å². The molecule has 0 fully saturated rings. The highest BCUT2D eigenvalue weighted by molar-refractivity contribution is 9.10. The molecule has 0 bridgehead atoms. The third-order valence-corrected chi connectivity index (χ3v) is 2.39. The normalized spacial score (nSPS) is 9.47. The minimum Gasteiger partial charge on any atom is -0.420 e. The summed E-state index contributed by atoms with van der Waals surface area (Å²) in [5.74, 6) is -1.12. The highest BCUT2D eigenvalue weighted by Gasteiger charge is 2.13. The number of Topliss-reactive ketones (excluding diaryl/α,β-unsaturated/α-hetero) is 1. The Morgan fingerprint density at radius 2 is 1.93 bits per heavy atom. The first-order valence-corrected chi connectivity index (χ1v) is 4.98. The molecule has 0 unspecified atom stereocenters. The SMILES string of the molecule is C=C(OC(=O)c1ccccc1Br)C(C)=O. The number of carbonyl (C=O) groups is 2. The number of hydrogen-bond acceptors (Lipinski definition) is 3. The van der Waals surface area contributed by atoms with Gasteiger partial charge in [-0.2, -0.15) is 0 Å². The largest absolute Gasteiger partial charge is 0.420 e. The molecule has 15 heavy (non-hydrogen) atoms. The van der Waals surface area contributed by atoms with Crippen molar-refractivity contribution in [1.82, 2.24) is 0 Å². The second-order valence-electron chi connectivity index (χ2n) is 2.85. The third-order valence-electron chi connectivity index (χ3n) is 1.70. The Kier molecular flexibility index (Phi) is 3.80. The van der Waals surface area contributed by atoms with Crippen LogP contribution < -0.4 is 0 Å². The van der Waals surface area contributed by atoms with Gasteiger partial charge in [-0.3, -0.25) is 4.79 Å². The van der Waals surface area contributed by atoms with E-state index in [0.717, 1.165) is 0 Å². The Morgan fingerprint density at radius 3 is 2.47 bits per heavy atom. The molecule has 0 aliphatic carbocycles. The summed E-state index contributed by atoms with van der Waals surface area (Å²) in [6, 6.07) is 6.80. The van der Waals surface area contributed by atoms with E-state index in [1.165, 1.54) is 6.92 Å². The fourth-order valence-corrected chi connectivity index (χ4v) is 1.31. The maximum atomic E-state index is 11.5. The molecule has 1 rings (SSSR count). The first-order chi connectivity index (χ1) is 7.02. The summed E-state index contributed by atoms with van der Waals surface area (Å²) < 4.78 is 5.38. The monoisotopic (exact) mass is 268 g/mol. The Hall–Kier alpha value is -1.42. The average molecular weight is 269 g/mol. The fraction of sp³-hybridized carbons (Fsp3) is 0.0909. The van der Waals surface area contributed by atoms with Crippen molar-refractivity contribution in [2.24, 2.45) is 0 Å². The average Bonchev–Trinajstić information content (AvgIpc) is 2.18. The molecule has 0 aromatic heterocycles. The van der Waals surface area contributed by atoms with E-state index in [1.54, 1.807) is 24.3 Å². The van der Waals surface area contributed by atoms with E-state index in [2.05, 4.69) is 22.5 Å². The molecule has 0 N–H and O–H groups in total. The lowest BCUT2D eigenvalue weighted by Gasteiger charge is -2.05. The predicted molar refractivity (Wildman–Crippen MR) is 59.4 cm³/mol. The minimum atomic E-state index is -0.595. The van der Waals surface area contributed by atoms with E-state index in [4.69, 9.17) is 4.74 Å². The van der Waals surface area contributed by atoms with E-state index in [1.807, 2.05) is 0 Å². The molecule has 0 radical (unpaired) electrons. The van der Waals surface area contributed by atoms with Crippen molar-refractivity contribution in [3.05, 3.63) is 46.6 Å². The highest BCUT2D eigenvalue weighted by Crippen LogP contribution is 2.17. The van der Waals surface area contributed by atoms with Crippen LogP contribution in [0, 0.1) is 0 Å². The zero-order valence-electron chi connectivity index (χ0n) is 8.12. The van der Waals surface area contributed by atoms with Gasteiger partial charge in [0.25, 0.3) is 0 Å². The van der Waals surface area contributed by atoms with E-state index in [0.29, 0.717) is 10.0 Å². The Labute approximate surface area is 95.9 Å². The third kappa shape index (κ3) is 3.02. The van der Waals surface area contributed by atoms with Crippen LogP contribution in [0.25, 0.3) is 0 Å². The van der Waals surface area contributed by atoms with Gasteiger partial charge in [-0.05, 0) is 28.1 Å². The quantitative estimate of drug-likeness (QED) is 0.481. The summed E-state index contributed by atoms with van der Waals surface area (Å²) in [5, 5.41) is 0. The number of esters is 1. The van der Waals surface area contributed by atoms with Crippen LogP contribution in [0.1, 0.15) is 17.3 Å². The van der Waals surface area contributed by atoms with Gasteiger partial charge in [0.1, 0.15) is 0 Å². The van der Waals surface area contributed by atoms with E-state index < -0.39 is 5.97 Å². The molecular weight excluding hydrogens is 260 g/mol. The maximum absolute atomic E-state index is 11.5. The second-order valence-corrected chi connectivity index (χ2v) is 3.70. The first-order valence-electron chi connectivity index (χ1n) is 4.19. The summed E-state index contributed by atoms with van der Waals surface area (Å²) in [6.07, 6.45) is 0. The number of ether oxygens (including phenoxy) is 1. The second kappa shape index (κ2) is 4.89. The van der Waals surface area contributed by atoms with Crippen molar-refractivity contribution in [1.29, 1.82) is 0 Å². The number of hydrogen-bond donors (Lipinski definition) is 0. The molecule has 0 aliphatic rings. The molecule has 1 aromatic carbocycles. The Balaban J connectivity index is 2.83. The van der Waals surface area contributed by atoms with Gasteiger partial charge in [0.2, 0.25) is 0 Å². The smallest absolute Gasteiger partial charge is 0.344 e. The molecule has 0 aliphatic heterocycles. The van der Waals surface area contributed by atoms with Crippen molar-refractivity contribution in [2.75, 3.05) is 0 Å². The fourth-order valence-electron chi connectivity index (χ4n) is 0.865. The molecule has 0 spiro atoms. The van der Waals surface area contributed by atoms with Crippen LogP contribution in [-0.4, -0.2) is 11.8 Å². The number of carbonyl (C=O) groups excluding carboxylic acids is 2. The zero-order chi connectivity index (χ0) is 11.4. The summed E-state index contributed by atoms with van der Waals surface area (Å²) in [4.78, 5) is 22.3. The standard InChI is InChI=1S/C11H9BrO3/c1-7(13)8(2)15-11(14)9-5-3-4-6-10(9)12/h3-6H,2H2,1H3. The van der Waals surface area contributed by atoms with Gasteiger partial charge in [0, 0.05) is 11.4 Å². The van der Waals surface area contributed by atoms with Gasteiger partial charge >= 0.3 is 5.97 Å². The van der Waals surface area contributed by atoms with Gasteiger partial charge < -0.3 is 4.74 Å². The van der Waals surface area contributed by atoms with E-state index in [9.17, 15) is 9.59 Å². The molecule has 1 aromatic rings. The lowest BCUT2D eigenvalue weighted by Crippen LogP contribution is -2.09. The number of rotatable bonds is 3. The summed E-state index contributed by atoms with van der Waals surface area (Å²) >= 11 is 3.21. The molecule has 0 heterocycles. The molecule has 0 saturated carbocycles. The first kappa shape index (κ1) is 11.7. The van der Waals surface area contributed by atoms with Crippen molar-refractivity contribution in [3.63, 3.8) is 0 Å². The summed E-state index contributed by atoms with van der Waals surface area (Å²) in [6.45, 7) is 4.63. The number of ketones is 1. The number of benzene rings is 1. The van der Waals surface area contributed by atoms with Crippen molar-refractivity contribution in [2.45, 2.75) is 6.92 Å². The van der Waals surface area contributed by atoms with Crippen molar-refractivity contribution < 1.29 is 14.3 Å². The zero-order valence-corrected chi connectivity index (χ0v) is 9.71. The Morgan fingerprint density at radius 1 is 1.33 bits per heavy atom. The highest BCUT2D eigenvalue weighted by atomic mass is 79.9. The number of halogens is 1. The van der Waals surface area contributed by atoms with Crippen LogP contribution >= 0.6 is 15.9 Å². The minimum absolute atomic E-state index is 0.157. The molecule has 0 amide bonds. The van der Waals surface area contributed by atoms with E-state index in [-0.39, 0.29) is 11.5 Å². The van der Waals surface area contributed by atoms with Crippen LogP contribution in [-0.2, 0) is 9.53 Å². The van der Waals surface area contributed by atoms with Crippen LogP contribution in [0.15, 0.2) is 41.1 Å². The molecule has 0 atom stereocenters. The van der Waals surface area contributed by atoms with Gasteiger partial charge in [0.05, 0.1) is 5.56 Å². The van der Waals surface area contributed by atoms with Crippen molar-refractivity contribution >= 4 is 27.7 Å². The van der Waals surface area contributed by atoms with E-state index >= 15 is 0 Å². The topological polar surface area (TPSA) is 43.4 Å². The van der Waals surface area contributed by atoms with Crippen LogP contribution in [0.3, 0.4) is 0 Å². The van der Waals surface area contributed by atoms with Crippen LogP contribution in [0.4, 0.5) is 0 Å². The molecule has 0 saturated heterocycles. The maximum Gasteiger partial charge on any atom is 0.344 e. The summed E-state index contributed by atoms with van der Waals surface area (Å²) in [7, 11) is 0. The lowest BCUT2D eigenvalue weighted by atomic mass is 10.2. The van der Waals surface area contributed by atoms with Gasteiger partial charge in [-0.1, -0.05) is 18.7 Å². The van der Waals surface area contributed by atoms with Gasteiger partial charge in [0.15, 0.2) is 11.5 Å². The Bertz CT molecular complexity index is 424. The molecule has 3 nitrogen and oxygen atoms in total. The van der Waals surface area contributed by atoms with Crippen molar-refractivity contribution in [3.8, 4) is 0 Å². The van der Waals surface area contributed by atoms with Crippen LogP contribution in [0.2, 0.25) is 0 Å². The molecular formula is C11H9BrO3. The van der Waals surface area contributed by atoms with Gasteiger partial charge in [-0.15, -0.1) is 0 Å².